The summed E-state index contributed by atoms with van der Waals surface area (Å²) in [4.78, 5) is 13.3. The predicted octanol–water partition coefficient (Wildman–Crippen LogP) is 5.00. The van der Waals surface area contributed by atoms with Gasteiger partial charge >= 0.3 is 0 Å². The Morgan fingerprint density at radius 2 is 1.91 bits per heavy atom. The number of carbonyl (C=O) groups is 1. The molecule has 32 heavy (non-hydrogen) atoms. The van der Waals surface area contributed by atoms with Gasteiger partial charge in [0.25, 0.3) is 0 Å². The number of benzene rings is 2. The summed E-state index contributed by atoms with van der Waals surface area (Å²) in [6.45, 7) is 7.57. The number of aryl methyl sites for hydroxylation is 1. The van der Waals surface area contributed by atoms with E-state index in [-0.39, 0.29) is 17.6 Å². The second-order valence-corrected chi connectivity index (χ2v) is 10.7. The smallest absolute Gasteiger partial charge is 0.244 e. The number of amides is 1. The molecular weight excluding hydrogens is 448 g/mol. The van der Waals surface area contributed by atoms with Crippen molar-refractivity contribution in [2.45, 2.75) is 64.6 Å². The lowest BCUT2D eigenvalue weighted by Gasteiger charge is -2.42. The van der Waals surface area contributed by atoms with Gasteiger partial charge < -0.3 is 10.1 Å². The fourth-order valence-corrected chi connectivity index (χ4v) is 5.59. The second-order valence-electron chi connectivity index (χ2n) is 8.46. The van der Waals surface area contributed by atoms with E-state index in [0.29, 0.717) is 17.1 Å². The highest BCUT2D eigenvalue weighted by molar-refractivity contribution is 7.92. The minimum atomic E-state index is -3.74. The SMILES string of the molecule is CCC1(CC)CC(NC(=O)C(C)N(c2ccc(C)c(Cl)c2)S(C)(=O)=O)c2ccccc2O1. The Kier molecular flexibility index (Phi) is 7.10. The van der Waals surface area contributed by atoms with E-state index >= 15 is 0 Å². The summed E-state index contributed by atoms with van der Waals surface area (Å²) >= 11 is 6.23. The van der Waals surface area contributed by atoms with E-state index in [0.717, 1.165) is 40.3 Å². The third-order valence-corrected chi connectivity index (χ3v) is 7.95. The first-order valence-electron chi connectivity index (χ1n) is 10.8. The monoisotopic (exact) mass is 478 g/mol. The molecule has 1 N–H and O–H groups in total. The lowest BCUT2D eigenvalue weighted by Crippen LogP contribution is -2.51. The molecule has 0 aliphatic carbocycles. The van der Waals surface area contributed by atoms with Crippen molar-refractivity contribution in [2.75, 3.05) is 10.6 Å². The third-order valence-electron chi connectivity index (χ3n) is 6.30. The second kappa shape index (κ2) is 9.32. The summed E-state index contributed by atoms with van der Waals surface area (Å²) < 4.78 is 32.7. The first-order chi connectivity index (χ1) is 15.0. The fraction of sp³-hybridized carbons (Fsp3) is 0.458. The Hall–Kier alpha value is -2.25. The molecule has 1 amide bonds. The van der Waals surface area contributed by atoms with Gasteiger partial charge in [-0.15, -0.1) is 0 Å². The van der Waals surface area contributed by atoms with Gasteiger partial charge in [0.2, 0.25) is 15.9 Å². The molecule has 0 spiro atoms. The molecule has 1 aliphatic heterocycles. The molecule has 1 heterocycles. The third kappa shape index (κ3) is 4.89. The van der Waals surface area contributed by atoms with Gasteiger partial charge in [-0.3, -0.25) is 9.10 Å². The van der Waals surface area contributed by atoms with Crippen molar-refractivity contribution in [3.8, 4) is 5.75 Å². The average molecular weight is 479 g/mol. The zero-order valence-corrected chi connectivity index (χ0v) is 20.8. The molecule has 2 atom stereocenters. The minimum Gasteiger partial charge on any atom is -0.487 e. The maximum absolute atomic E-state index is 13.3. The van der Waals surface area contributed by atoms with Crippen molar-refractivity contribution >= 4 is 33.2 Å². The van der Waals surface area contributed by atoms with Crippen molar-refractivity contribution in [3.05, 3.63) is 58.6 Å². The van der Waals surface area contributed by atoms with Gasteiger partial charge in [-0.1, -0.05) is 49.7 Å². The number of rotatable bonds is 7. The molecule has 0 radical (unpaired) electrons. The fourth-order valence-electron chi connectivity index (χ4n) is 4.25. The van der Waals surface area contributed by atoms with Crippen molar-refractivity contribution in [1.82, 2.24) is 5.32 Å². The van der Waals surface area contributed by atoms with Crippen molar-refractivity contribution in [1.29, 1.82) is 0 Å². The number of anilines is 1. The van der Waals surface area contributed by atoms with Crippen LogP contribution in [0.4, 0.5) is 5.69 Å². The number of ether oxygens (including phenoxy) is 1. The van der Waals surface area contributed by atoms with E-state index in [9.17, 15) is 13.2 Å². The van der Waals surface area contributed by atoms with Gasteiger partial charge in [0.05, 0.1) is 18.0 Å². The Labute approximate surface area is 196 Å². The molecule has 2 aromatic rings. The molecular formula is C24H31ClN2O4S. The lowest BCUT2D eigenvalue weighted by molar-refractivity contribution is -0.123. The molecule has 0 aromatic heterocycles. The predicted molar refractivity (Wildman–Crippen MR) is 129 cm³/mol. The van der Waals surface area contributed by atoms with Crippen LogP contribution in [0.2, 0.25) is 5.02 Å². The summed E-state index contributed by atoms with van der Waals surface area (Å²) in [5.41, 5.74) is 1.70. The molecule has 0 bridgehead atoms. The number of hydrogen-bond donors (Lipinski definition) is 1. The van der Waals surface area contributed by atoms with Crippen LogP contribution < -0.4 is 14.4 Å². The number of fused-ring (bicyclic) bond motifs is 1. The zero-order chi connectivity index (χ0) is 23.7. The van der Waals surface area contributed by atoms with Crippen LogP contribution in [0.25, 0.3) is 0 Å². The minimum absolute atomic E-state index is 0.280. The summed E-state index contributed by atoms with van der Waals surface area (Å²) in [6, 6.07) is 11.4. The number of nitrogens with one attached hydrogen (secondary N) is 1. The summed E-state index contributed by atoms with van der Waals surface area (Å²) in [5, 5.41) is 3.53. The quantitative estimate of drug-likeness (QED) is 0.607. The van der Waals surface area contributed by atoms with Gasteiger partial charge in [0, 0.05) is 17.0 Å². The van der Waals surface area contributed by atoms with Crippen molar-refractivity contribution in [3.63, 3.8) is 0 Å². The van der Waals surface area contributed by atoms with E-state index in [1.54, 1.807) is 25.1 Å². The maximum Gasteiger partial charge on any atom is 0.244 e. The number of para-hydroxylation sites is 1. The van der Waals surface area contributed by atoms with Crippen molar-refractivity contribution in [2.24, 2.45) is 0 Å². The van der Waals surface area contributed by atoms with Crippen molar-refractivity contribution < 1.29 is 17.9 Å². The van der Waals surface area contributed by atoms with Crippen LogP contribution in [-0.4, -0.2) is 32.2 Å². The summed E-state index contributed by atoms with van der Waals surface area (Å²) in [6.07, 6.45) is 3.31. The number of halogens is 1. The maximum atomic E-state index is 13.3. The highest BCUT2D eigenvalue weighted by atomic mass is 35.5. The number of sulfonamides is 1. The Morgan fingerprint density at radius 1 is 1.25 bits per heavy atom. The molecule has 6 nitrogen and oxygen atoms in total. The zero-order valence-electron chi connectivity index (χ0n) is 19.2. The molecule has 8 heteroatoms. The van der Waals surface area contributed by atoms with Gasteiger partial charge in [0.15, 0.2) is 0 Å². The number of nitrogens with zero attached hydrogens (tertiary/aromatic N) is 1. The summed E-state index contributed by atoms with van der Waals surface area (Å²) in [5.74, 6) is 0.376. The van der Waals surface area contributed by atoms with Crippen LogP contribution in [0.3, 0.4) is 0 Å². The normalized spacial score (nSPS) is 18.2. The molecule has 2 aromatic carbocycles. The highest BCUT2D eigenvalue weighted by Crippen LogP contribution is 2.42. The van der Waals surface area contributed by atoms with Crippen LogP contribution in [0.15, 0.2) is 42.5 Å². The van der Waals surface area contributed by atoms with E-state index in [1.165, 1.54) is 0 Å². The molecule has 0 saturated heterocycles. The standard InChI is InChI=1S/C24H31ClN2O4S/c1-6-24(7-2)15-21(19-10-8-9-11-22(19)31-24)26-23(28)17(4)27(32(5,29)30)18-13-12-16(3)20(25)14-18/h8-14,17,21H,6-7,15H2,1-5H3,(H,26,28). The van der Waals surface area contributed by atoms with Gasteiger partial charge in [-0.25, -0.2) is 8.42 Å². The molecule has 0 saturated carbocycles. The van der Waals surface area contributed by atoms with Crippen LogP contribution in [0.5, 0.6) is 5.75 Å². The highest BCUT2D eigenvalue weighted by Gasteiger charge is 2.40. The van der Waals surface area contributed by atoms with E-state index in [2.05, 4.69) is 19.2 Å². The van der Waals surface area contributed by atoms with E-state index < -0.39 is 16.1 Å². The number of hydrogen-bond acceptors (Lipinski definition) is 4. The topological polar surface area (TPSA) is 75.7 Å². The van der Waals surface area contributed by atoms with E-state index in [4.69, 9.17) is 16.3 Å². The van der Waals surface area contributed by atoms with Crippen LogP contribution in [0.1, 0.15) is 57.2 Å². The van der Waals surface area contributed by atoms with Crippen LogP contribution in [-0.2, 0) is 14.8 Å². The van der Waals surface area contributed by atoms with Crippen LogP contribution >= 0.6 is 11.6 Å². The van der Waals surface area contributed by atoms with Gasteiger partial charge in [-0.2, -0.15) is 0 Å². The Morgan fingerprint density at radius 3 is 2.50 bits per heavy atom. The molecule has 3 rings (SSSR count). The first kappa shape index (κ1) is 24.4. The largest absolute Gasteiger partial charge is 0.487 e. The average Bonchev–Trinajstić information content (AvgIpc) is 2.75. The van der Waals surface area contributed by atoms with E-state index in [1.807, 2.05) is 31.2 Å². The Bertz CT molecular complexity index is 1100. The molecule has 174 valence electrons. The van der Waals surface area contributed by atoms with Gasteiger partial charge in [-0.05, 0) is 50.5 Å². The molecule has 2 unspecified atom stereocenters. The molecule has 1 aliphatic rings. The van der Waals surface area contributed by atoms with Gasteiger partial charge in [0.1, 0.15) is 17.4 Å². The Balaban J connectivity index is 1.92. The van der Waals surface area contributed by atoms with Crippen LogP contribution in [0, 0.1) is 6.92 Å². The number of carbonyl (C=O) groups excluding carboxylic acids is 1. The molecule has 0 fully saturated rings. The first-order valence-corrected chi connectivity index (χ1v) is 13.1. The lowest BCUT2D eigenvalue weighted by atomic mass is 9.83. The summed E-state index contributed by atoms with van der Waals surface area (Å²) in [7, 11) is -3.74.